The summed E-state index contributed by atoms with van der Waals surface area (Å²) in [6.07, 6.45) is 0.344. The molecule has 0 heterocycles. The van der Waals surface area contributed by atoms with E-state index in [4.69, 9.17) is 0 Å². The molecular formula is C10H19FO2S. The van der Waals surface area contributed by atoms with Crippen LogP contribution in [0.4, 0.5) is 4.39 Å². The lowest BCUT2D eigenvalue weighted by Gasteiger charge is -2.39. The van der Waals surface area contributed by atoms with Gasteiger partial charge in [0.2, 0.25) is 0 Å². The molecule has 0 N–H and O–H groups in total. The molecule has 0 atom stereocenters. The molecule has 0 aliphatic heterocycles. The second-order valence-electron chi connectivity index (χ2n) is 5.81. The van der Waals surface area contributed by atoms with Crippen LogP contribution < -0.4 is 0 Å². The number of rotatable bonds is 2. The van der Waals surface area contributed by atoms with E-state index >= 15 is 0 Å². The van der Waals surface area contributed by atoms with Gasteiger partial charge in [-0.3, -0.25) is 0 Å². The molecule has 2 nitrogen and oxygen atoms in total. The van der Waals surface area contributed by atoms with E-state index in [2.05, 4.69) is 0 Å². The number of alkyl halides is 1. The SMILES string of the molecule is CC(C)(C)CS(=O)(=O)C1CC(C)(F)C1. The minimum atomic E-state index is -3.09. The fourth-order valence-electron chi connectivity index (χ4n) is 1.86. The van der Waals surface area contributed by atoms with E-state index in [-0.39, 0.29) is 24.0 Å². The van der Waals surface area contributed by atoms with Gasteiger partial charge in [0.1, 0.15) is 5.67 Å². The zero-order valence-electron chi connectivity index (χ0n) is 9.30. The van der Waals surface area contributed by atoms with E-state index in [0.29, 0.717) is 0 Å². The van der Waals surface area contributed by atoms with Crippen molar-refractivity contribution in [3.8, 4) is 0 Å². The summed E-state index contributed by atoms with van der Waals surface area (Å²) in [5.74, 6) is 0.154. The Bertz CT molecular complexity index is 304. The second kappa shape index (κ2) is 3.19. The maximum absolute atomic E-state index is 13.2. The highest BCUT2D eigenvalue weighted by Gasteiger charge is 2.47. The third-order valence-corrected chi connectivity index (χ3v) is 5.07. The van der Waals surface area contributed by atoms with Crippen LogP contribution in [0.25, 0.3) is 0 Å². The summed E-state index contributed by atoms with van der Waals surface area (Å²) in [7, 11) is -3.09. The van der Waals surface area contributed by atoms with Gasteiger partial charge in [0, 0.05) is 0 Å². The second-order valence-corrected chi connectivity index (χ2v) is 8.09. The summed E-state index contributed by atoms with van der Waals surface area (Å²) in [6.45, 7) is 7.13. The van der Waals surface area contributed by atoms with Gasteiger partial charge in [0.15, 0.2) is 9.84 Å². The molecule has 1 rings (SSSR count). The lowest BCUT2D eigenvalue weighted by molar-refractivity contribution is 0.0888. The summed E-state index contributed by atoms with van der Waals surface area (Å²) in [6, 6.07) is 0. The van der Waals surface area contributed by atoms with Crippen LogP contribution in [0, 0.1) is 5.41 Å². The Labute approximate surface area is 85.8 Å². The zero-order valence-corrected chi connectivity index (χ0v) is 10.1. The zero-order chi connectivity index (χ0) is 11.2. The average Bonchev–Trinajstić information content (AvgIpc) is 1.76. The summed E-state index contributed by atoms with van der Waals surface area (Å²) in [4.78, 5) is 0. The fraction of sp³-hybridized carbons (Fsp3) is 1.00. The van der Waals surface area contributed by atoms with E-state index in [1.807, 2.05) is 20.8 Å². The van der Waals surface area contributed by atoms with Gasteiger partial charge < -0.3 is 0 Å². The highest BCUT2D eigenvalue weighted by Crippen LogP contribution is 2.41. The molecule has 14 heavy (non-hydrogen) atoms. The van der Waals surface area contributed by atoms with Crippen molar-refractivity contribution in [1.29, 1.82) is 0 Å². The van der Waals surface area contributed by atoms with E-state index in [1.165, 1.54) is 6.92 Å². The molecule has 0 bridgehead atoms. The lowest BCUT2D eigenvalue weighted by Crippen LogP contribution is -2.47. The molecule has 0 aromatic carbocycles. The highest BCUT2D eigenvalue weighted by molar-refractivity contribution is 7.92. The standard InChI is InChI=1S/C10H19FO2S/c1-9(2,3)7-14(12,13)8-5-10(4,11)6-8/h8H,5-7H2,1-4H3. The molecule has 4 heteroatoms. The van der Waals surface area contributed by atoms with Crippen molar-refractivity contribution in [3.63, 3.8) is 0 Å². The van der Waals surface area contributed by atoms with Crippen LogP contribution in [0.15, 0.2) is 0 Å². The number of sulfone groups is 1. The summed E-state index contributed by atoms with van der Waals surface area (Å²) < 4.78 is 36.7. The minimum Gasteiger partial charge on any atom is -0.244 e. The molecule has 0 radical (unpaired) electrons. The number of hydrogen-bond donors (Lipinski definition) is 0. The minimum absolute atomic E-state index is 0.154. The van der Waals surface area contributed by atoms with Crippen molar-refractivity contribution in [2.24, 2.45) is 5.41 Å². The fourth-order valence-corrected chi connectivity index (χ4v) is 4.51. The Balaban J connectivity index is 2.62. The molecule has 1 fully saturated rings. The van der Waals surface area contributed by atoms with Crippen LogP contribution in [-0.4, -0.2) is 25.1 Å². The Hall–Kier alpha value is -0.120. The largest absolute Gasteiger partial charge is 0.244 e. The predicted molar refractivity (Wildman–Crippen MR) is 55.8 cm³/mol. The molecule has 0 unspecified atom stereocenters. The normalized spacial score (nSPS) is 33.9. The summed E-state index contributed by atoms with van der Waals surface area (Å²) >= 11 is 0. The maximum atomic E-state index is 13.2. The van der Waals surface area contributed by atoms with Crippen LogP contribution in [0.5, 0.6) is 0 Å². The van der Waals surface area contributed by atoms with Crippen molar-refractivity contribution in [1.82, 2.24) is 0 Å². The van der Waals surface area contributed by atoms with E-state index in [9.17, 15) is 12.8 Å². The number of hydrogen-bond acceptors (Lipinski definition) is 2. The van der Waals surface area contributed by atoms with Gasteiger partial charge in [-0.15, -0.1) is 0 Å². The maximum Gasteiger partial charge on any atom is 0.153 e. The van der Waals surface area contributed by atoms with Crippen molar-refractivity contribution in [2.45, 2.75) is 51.5 Å². The molecule has 1 aliphatic rings. The first kappa shape index (κ1) is 12.0. The number of halogens is 1. The van der Waals surface area contributed by atoms with Gasteiger partial charge in [-0.25, -0.2) is 12.8 Å². The smallest absolute Gasteiger partial charge is 0.153 e. The Morgan fingerprint density at radius 2 is 1.79 bits per heavy atom. The lowest BCUT2D eigenvalue weighted by atomic mass is 9.83. The molecule has 0 spiro atoms. The molecule has 0 aromatic heterocycles. The molecule has 84 valence electrons. The van der Waals surface area contributed by atoms with Gasteiger partial charge in [-0.05, 0) is 25.2 Å². The molecule has 0 saturated heterocycles. The van der Waals surface area contributed by atoms with Crippen molar-refractivity contribution < 1.29 is 12.8 Å². The third kappa shape index (κ3) is 2.94. The van der Waals surface area contributed by atoms with Crippen molar-refractivity contribution in [3.05, 3.63) is 0 Å². The summed E-state index contributed by atoms with van der Waals surface area (Å²) in [5, 5.41) is -0.447. The Morgan fingerprint density at radius 1 is 1.36 bits per heavy atom. The van der Waals surface area contributed by atoms with Gasteiger partial charge in [-0.2, -0.15) is 0 Å². The Kier molecular flexibility index (Phi) is 2.72. The first-order valence-electron chi connectivity index (χ1n) is 4.92. The van der Waals surface area contributed by atoms with Crippen LogP contribution in [0.1, 0.15) is 40.5 Å². The van der Waals surface area contributed by atoms with E-state index in [0.717, 1.165) is 0 Å². The molecule has 0 aromatic rings. The van der Waals surface area contributed by atoms with Gasteiger partial charge in [0.05, 0.1) is 11.0 Å². The van der Waals surface area contributed by atoms with Crippen LogP contribution >= 0.6 is 0 Å². The summed E-state index contributed by atoms with van der Waals surface area (Å²) in [5.41, 5.74) is -1.49. The highest BCUT2D eigenvalue weighted by atomic mass is 32.2. The molecule has 1 aliphatic carbocycles. The third-order valence-electron chi connectivity index (χ3n) is 2.45. The van der Waals surface area contributed by atoms with E-state index < -0.39 is 20.8 Å². The first-order valence-corrected chi connectivity index (χ1v) is 6.64. The van der Waals surface area contributed by atoms with Gasteiger partial charge in [0.25, 0.3) is 0 Å². The van der Waals surface area contributed by atoms with Crippen molar-refractivity contribution in [2.75, 3.05) is 5.75 Å². The quantitative estimate of drug-likeness (QED) is 0.718. The van der Waals surface area contributed by atoms with Crippen molar-refractivity contribution >= 4 is 9.84 Å². The molecule has 0 amide bonds. The average molecular weight is 222 g/mol. The van der Waals surface area contributed by atoms with Crippen LogP contribution in [0.3, 0.4) is 0 Å². The van der Waals surface area contributed by atoms with Gasteiger partial charge >= 0.3 is 0 Å². The monoisotopic (exact) mass is 222 g/mol. The first-order chi connectivity index (χ1) is 6.02. The molecular weight excluding hydrogens is 203 g/mol. The van der Waals surface area contributed by atoms with Gasteiger partial charge in [-0.1, -0.05) is 20.8 Å². The topological polar surface area (TPSA) is 34.1 Å². The van der Waals surface area contributed by atoms with Crippen LogP contribution in [0.2, 0.25) is 0 Å². The molecule has 1 saturated carbocycles. The predicted octanol–water partition coefficient (Wildman–Crippen LogP) is 2.34. The van der Waals surface area contributed by atoms with E-state index in [1.54, 1.807) is 0 Å². The Morgan fingerprint density at radius 3 is 2.07 bits per heavy atom. The van der Waals surface area contributed by atoms with Crippen LogP contribution in [-0.2, 0) is 9.84 Å².